The van der Waals surface area contributed by atoms with Crippen molar-refractivity contribution in [2.45, 2.75) is 33.1 Å². The molecule has 2 amide bonds. The minimum Gasteiger partial charge on any atom is -0.342 e. The Morgan fingerprint density at radius 3 is 2.50 bits per heavy atom. The summed E-state index contributed by atoms with van der Waals surface area (Å²) in [5.74, 6) is -0.0810. The maximum Gasteiger partial charge on any atom is 0.228 e. The lowest BCUT2D eigenvalue weighted by atomic mass is 10.1. The molecule has 0 saturated carbocycles. The van der Waals surface area contributed by atoms with Gasteiger partial charge in [-0.05, 0) is 40.9 Å². The molecule has 0 aliphatic carbocycles. The number of nitrogens with zero attached hydrogens (tertiary/aromatic N) is 2. The van der Waals surface area contributed by atoms with Gasteiger partial charge in [0.1, 0.15) is 0 Å². The number of carbonyl (C=O) groups excluding carboxylic acids is 2. The minimum absolute atomic E-state index is 0.0261. The Balaban J connectivity index is 2.11. The van der Waals surface area contributed by atoms with E-state index in [0.29, 0.717) is 13.0 Å². The van der Waals surface area contributed by atoms with E-state index >= 15 is 0 Å². The van der Waals surface area contributed by atoms with Crippen molar-refractivity contribution in [3.05, 3.63) is 28.7 Å². The second kappa shape index (κ2) is 7.77. The van der Waals surface area contributed by atoms with Gasteiger partial charge >= 0.3 is 0 Å². The van der Waals surface area contributed by atoms with Gasteiger partial charge in [-0.15, -0.1) is 0 Å². The summed E-state index contributed by atoms with van der Waals surface area (Å²) in [7, 11) is 0. The molecule has 1 aliphatic rings. The van der Waals surface area contributed by atoms with E-state index in [4.69, 9.17) is 0 Å². The smallest absolute Gasteiger partial charge is 0.228 e. The minimum atomic E-state index is -0.224. The molecule has 1 fully saturated rings. The van der Waals surface area contributed by atoms with Gasteiger partial charge in [0.15, 0.2) is 0 Å². The van der Waals surface area contributed by atoms with Crippen molar-refractivity contribution in [3.8, 4) is 0 Å². The normalized spacial score (nSPS) is 17.9. The third-order valence-corrected chi connectivity index (χ3v) is 4.59. The van der Waals surface area contributed by atoms with Crippen LogP contribution >= 0.6 is 15.9 Å². The number of anilines is 1. The summed E-state index contributed by atoms with van der Waals surface area (Å²) in [6.07, 6.45) is 2.20. The van der Waals surface area contributed by atoms with Crippen LogP contribution in [0.3, 0.4) is 0 Å². The molecule has 22 heavy (non-hydrogen) atoms. The van der Waals surface area contributed by atoms with E-state index in [2.05, 4.69) is 29.8 Å². The van der Waals surface area contributed by atoms with Crippen LogP contribution in [0, 0.1) is 5.92 Å². The van der Waals surface area contributed by atoms with Crippen molar-refractivity contribution < 1.29 is 9.59 Å². The summed E-state index contributed by atoms with van der Waals surface area (Å²) >= 11 is 3.48. The molecule has 1 aromatic carbocycles. The average Bonchev–Trinajstić information content (AvgIpc) is 2.88. The van der Waals surface area contributed by atoms with Gasteiger partial charge < -0.3 is 9.80 Å². The first-order valence-electron chi connectivity index (χ1n) is 7.92. The average molecular weight is 367 g/mol. The largest absolute Gasteiger partial charge is 0.342 e. The first kappa shape index (κ1) is 17.0. The van der Waals surface area contributed by atoms with E-state index < -0.39 is 0 Å². The van der Waals surface area contributed by atoms with Crippen LogP contribution < -0.4 is 4.90 Å². The number of rotatable bonds is 6. The van der Waals surface area contributed by atoms with Crippen LogP contribution in [0.1, 0.15) is 33.1 Å². The van der Waals surface area contributed by atoms with E-state index in [-0.39, 0.29) is 17.7 Å². The van der Waals surface area contributed by atoms with Gasteiger partial charge in [-0.25, -0.2) is 0 Å². The zero-order valence-electron chi connectivity index (χ0n) is 13.2. The third kappa shape index (κ3) is 3.69. The van der Waals surface area contributed by atoms with Gasteiger partial charge in [0.25, 0.3) is 0 Å². The van der Waals surface area contributed by atoms with Gasteiger partial charge in [0, 0.05) is 30.5 Å². The first-order chi connectivity index (χ1) is 10.6. The molecule has 1 unspecified atom stereocenters. The Hall–Kier alpha value is -1.36. The van der Waals surface area contributed by atoms with E-state index in [1.807, 2.05) is 29.2 Å². The molecule has 1 heterocycles. The van der Waals surface area contributed by atoms with E-state index in [1.54, 1.807) is 4.90 Å². The molecule has 0 radical (unpaired) electrons. The molecule has 1 aromatic rings. The lowest BCUT2D eigenvalue weighted by Gasteiger charge is -2.25. The fraction of sp³-hybridized carbons (Fsp3) is 0.529. The number of benzene rings is 1. The number of para-hydroxylation sites is 1. The van der Waals surface area contributed by atoms with Crippen LogP contribution in [0.25, 0.3) is 0 Å². The number of halogens is 1. The highest BCUT2D eigenvalue weighted by Crippen LogP contribution is 2.31. The fourth-order valence-corrected chi connectivity index (χ4v) is 3.41. The van der Waals surface area contributed by atoms with Crippen molar-refractivity contribution in [2.75, 3.05) is 24.5 Å². The maximum atomic E-state index is 12.7. The number of amides is 2. The van der Waals surface area contributed by atoms with Crippen molar-refractivity contribution in [1.29, 1.82) is 0 Å². The molecular weight excluding hydrogens is 344 g/mol. The van der Waals surface area contributed by atoms with E-state index in [9.17, 15) is 9.59 Å². The van der Waals surface area contributed by atoms with Gasteiger partial charge in [-0.2, -0.15) is 0 Å². The van der Waals surface area contributed by atoms with Crippen molar-refractivity contribution in [1.82, 2.24) is 4.90 Å². The van der Waals surface area contributed by atoms with E-state index in [0.717, 1.165) is 36.1 Å². The molecule has 0 bridgehead atoms. The lowest BCUT2D eigenvalue weighted by molar-refractivity contribution is -0.135. The maximum absolute atomic E-state index is 12.7. The Bertz CT molecular complexity index is 541. The van der Waals surface area contributed by atoms with Crippen molar-refractivity contribution in [2.24, 2.45) is 5.92 Å². The summed E-state index contributed by atoms with van der Waals surface area (Å²) in [4.78, 5) is 28.6. The second-order valence-electron chi connectivity index (χ2n) is 5.68. The number of hydrogen-bond donors (Lipinski definition) is 0. The molecule has 120 valence electrons. The molecule has 1 aliphatic heterocycles. The third-order valence-electron chi connectivity index (χ3n) is 3.92. The van der Waals surface area contributed by atoms with Crippen LogP contribution in [-0.4, -0.2) is 36.3 Å². The first-order valence-corrected chi connectivity index (χ1v) is 8.71. The predicted octanol–water partition coefficient (Wildman–Crippen LogP) is 3.45. The van der Waals surface area contributed by atoms with Crippen molar-refractivity contribution in [3.63, 3.8) is 0 Å². The number of carbonyl (C=O) groups is 2. The van der Waals surface area contributed by atoms with Gasteiger partial charge in [0.2, 0.25) is 11.8 Å². The summed E-state index contributed by atoms with van der Waals surface area (Å²) in [6.45, 7) is 6.16. The van der Waals surface area contributed by atoms with Crippen LogP contribution in [0.15, 0.2) is 28.7 Å². The van der Waals surface area contributed by atoms with Crippen LogP contribution in [-0.2, 0) is 9.59 Å². The SMILES string of the molecule is CCCN(CCC)C(=O)C1CC(=O)N(c2ccccc2Br)C1. The quantitative estimate of drug-likeness (QED) is 0.773. The van der Waals surface area contributed by atoms with Gasteiger partial charge in [-0.3, -0.25) is 9.59 Å². The highest BCUT2D eigenvalue weighted by Gasteiger charge is 2.37. The fourth-order valence-electron chi connectivity index (χ4n) is 2.91. The van der Waals surface area contributed by atoms with Crippen molar-refractivity contribution >= 4 is 33.4 Å². The standard InChI is InChI=1S/C17H23BrN2O2/c1-3-9-19(10-4-2)17(22)13-11-16(21)20(12-13)15-8-6-5-7-14(15)18/h5-8,13H,3-4,9-12H2,1-2H3. The molecular formula is C17H23BrN2O2. The predicted molar refractivity (Wildman–Crippen MR) is 91.8 cm³/mol. The van der Waals surface area contributed by atoms with E-state index in [1.165, 1.54) is 0 Å². The lowest BCUT2D eigenvalue weighted by Crippen LogP contribution is -2.38. The molecule has 0 N–H and O–H groups in total. The summed E-state index contributed by atoms with van der Waals surface area (Å²) in [5, 5.41) is 0. The highest BCUT2D eigenvalue weighted by atomic mass is 79.9. The van der Waals surface area contributed by atoms with Gasteiger partial charge in [0.05, 0.1) is 11.6 Å². The number of hydrogen-bond acceptors (Lipinski definition) is 2. The Labute approximate surface area is 140 Å². The van der Waals surface area contributed by atoms with Gasteiger partial charge in [-0.1, -0.05) is 26.0 Å². The summed E-state index contributed by atoms with van der Waals surface area (Å²) in [6, 6.07) is 7.65. The van der Waals surface area contributed by atoms with Crippen LogP contribution in [0.2, 0.25) is 0 Å². The Morgan fingerprint density at radius 2 is 1.91 bits per heavy atom. The molecule has 2 rings (SSSR count). The monoisotopic (exact) mass is 366 g/mol. The molecule has 0 spiro atoms. The van der Waals surface area contributed by atoms with Crippen LogP contribution in [0.5, 0.6) is 0 Å². The molecule has 5 heteroatoms. The molecule has 0 aromatic heterocycles. The molecule has 1 atom stereocenters. The van der Waals surface area contributed by atoms with Crippen LogP contribution in [0.4, 0.5) is 5.69 Å². The highest BCUT2D eigenvalue weighted by molar-refractivity contribution is 9.10. The Kier molecular flexibility index (Phi) is 6.00. The second-order valence-corrected chi connectivity index (χ2v) is 6.54. The molecule has 1 saturated heterocycles. The zero-order chi connectivity index (χ0) is 16.1. The Morgan fingerprint density at radius 1 is 1.27 bits per heavy atom. The summed E-state index contributed by atoms with van der Waals surface area (Å²) in [5.41, 5.74) is 0.848. The topological polar surface area (TPSA) is 40.6 Å². The zero-order valence-corrected chi connectivity index (χ0v) is 14.8. The summed E-state index contributed by atoms with van der Waals surface area (Å²) < 4.78 is 0.885. The molecule has 4 nitrogen and oxygen atoms in total.